The second-order valence-electron chi connectivity index (χ2n) is 6.00. The van der Waals surface area contributed by atoms with E-state index in [-0.39, 0.29) is 12.0 Å². The van der Waals surface area contributed by atoms with Gasteiger partial charge in [-0.3, -0.25) is 4.79 Å². The van der Waals surface area contributed by atoms with Crippen molar-refractivity contribution in [3.63, 3.8) is 0 Å². The van der Waals surface area contributed by atoms with Crippen molar-refractivity contribution in [3.05, 3.63) is 53.2 Å². The number of carbonyl (C=O) groups excluding carboxylic acids is 1. The lowest BCUT2D eigenvalue weighted by Crippen LogP contribution is -2.38. The Morgan fingerprint density at radius 2 is 2.04 bits per heavy atom. The maximum absolute atomic E-state index is 11.8. The van der Waals surface area contributed by atoms with E-state index in [2.05, 4.69) is 15.2 Å². The Morgan fingerprint density at radius 3 is 2.68 bits per heavy atom. The number of halogens is 1. The average molecular weight is 360 g/mol. The SMILES string of the molecule is CCNC(=O)c1ccc(N2CCC(Oc3ccccc3Cl)CC2)nc1. The van der Waals surface area contributed by atoms with Gasteiger partial charge in [0.2, 0.25) is 0 Å². The summed E-state index contributed by atoms with van der Waals surface area (Å²) < 4.78 is 6.02. The Labute approximate surface area is 153 Å². The summed E-state index contributed by atoms with van der Waals surface area (Å²) in [6.07, 6.45) is 3.61. The molecule has 5 nitrogen and oxygen atoms in total. The highest BCUT2D eigenvalue weighted by molar-refractivity contribution is 6.32. The highest BCUT2D eigenvalue weighted by atomic mass is 35.5. The van der Waals surface area contributed by atoms with Crippen LogP contribution in [0.2, 0.25) is 5.02 Å². The van der Waals surface area contributed by atoms with E-state index in [9.17, 15) is 4.79 Å². The van der Waals surface area contributed by atoms with E-state index < -0.39 is 0 Å². The molecule has 1 fully saturated rings. The van der Waals surface area contributed by atoms with Gasteiger partial charge >= 0.3 is 0 Å². The van der Waals surface area contributed by atoms with Gasteiger partial charge in [-0.25, -0.2) is 4.98 Å². The van der Waals surface area contributed by atoms with Crippen LogP contribution in [0.5, 0.6) is 5.75 Å². The molecule has 1 aromatic heterocycles. The van der Waals surface area contributed by atoms with Gasteiger partial charge in [-0.2, -0.15) is 0 Å². The van der Waals surface area contributed by atoms with Crippen molar-refractivity contribution in [1.29, 1.82) is 0 Å². The summed E-state index contributed by atoms with van der Waals surface area (Å²) >= 11 is 6.15. The molecule has 2 heterocycles. The molecule has 0 atom stereocenters. The van der Waals surface area contributed by atoms with Crippen LogP contribution in [0, 0.1) is 0 Å². The van der Waals surface area contributed by atoms with Crippen LogP contribution in [-0.2, 0) is 0 Å². The molecule has 25 heavy (non-hydrogen) atoms. The zero-order valence-corrected chi connectivity index (χ0v) is 15.0. The quantitative estimate of drug-likeness (QED) is 0.887. The minimum absolute atomic E-state index is 0.0894. The first-order valence-corrected chi connectivity index (χ1v) is 8.95. The number of nitrogens with one attached hydrogen (secondary N) is 1. The third-order valence-corrected chi connectivity index (χ3v) is 4.56. The predicted octanol–water partition coefficient (Wildman–Crippen LogP) is 3.53. The molecule has 1 amide bonds. The molecule has 2 aromatic rings. The van der Waals surface area contributed by atoms with Crippen LogP contribution in [0.3, 0.4) is 0 Å². The molecule has 1 aromatic carbocycles. The first-order chi connectivity index (χ1) is 12.2. The Bertz CT molecular complexity index is 713. The predicted molar refractivity (Wildman–Crippen MR) is 99.6 cm³/mol. The van der Waals surface area contributed by atoms with Gasteiger partial charge in [0.05, 0.1) is 10.6 Å². The summed E-state index contributed by atoms with van der Waals surface area (Å²) in [5.74, 6) is 1.55. The van der Waals surface area contributed by atoms with Crippen molar-refractivity contribution in [2.75, 3.05) is 24.5 Å². The third-order valence-electron chi connectivity index (χ3n) is 4.24. The maximum Gasteiger partial charge on any atom is 0.252 e. The van der Waals surface area contributed by atoms with Gasteiger partial charge in [-0.15, -0.1) is 0 Å². The minimum Gasteiger partial charge on any atom is -0.489 e. The number of piperidine rings is 1. The third kappa shape index (κ3) is 4.42. The zero-order valence-electron chi connectivity index (χ0n) is 14.2. The summed E-state index contributed by atoms with van der Waals surface area (Å²) in [5, 5.41) is 3.42. The lowest BCUT2D eigenvalue weighted by molar-refractivity contribution is 0.0955. The monoisotopic (exact) mass is 359 g/mol. The summed E-state index contributed by atoms with van der Waals surface area (Å²) in [5.41, 5.74) is 0.586. The molecule has 0 radical (unpaired) electrons. The molecule has 1 N–H and O–H groups in total. The van der Waals surface area contributed by atoms with E-state index >= 15 is 0 Å². The molecule has 0 bridgehead atoms. The molecular formula is C19H22ClN3O2. The van der Waals surface area contributed by atoms with E-state index in [0.717, 1.165) is 37.5 Å². The number of pyridine rings is 1. The second-order valence-corrected chi connectivity index (χ2v) is 6.41. The molecular weight excluding hydrogens is 338 g/mol. The van der Waals surface area contributed by atoms with Gasteiger partial charge in [0.25, 0.3) is 5.91 Å². The molecule has 0 unspecified atom stereocenters. The molecule has 0 aliphatic carbocycles. The highest BCUT2D eigenvalue weighted by Gasteiger charge is 2.22. The second kappa shape index (κ2) is 8.21. The van der Waals surface area contributed by atoms with Crippen LogP contribution < -0.4 is 15.0 Å². The van der Waals surface area contributed by atoms with Crippen LogP contribution in [0.1, 0.15) is 30.1 Å². The number of aromatic nitrogens is 1. The Kier molecular flexibility index (Phi) is 5.76. The molecule has 0 saturated carbocycles. The minimum atomic E-state index is -0.0894. The van der Waals surface area contributed by atoms with Crippen LogP contribution in [-0.4, -0.2) is 36.6 Å². The molecule has 1 aliphatic heterocycles. The molecule has 1 aliphatic rings. The Morgan fingerprint density at radius 1 is 1.28 bits per heavy atom. The van der Waals surface area contributed by atoms with E-state index in [4.69, 9.17) is 16.3 Å². The molecule has 3 rings (SSSR count). The van der Waals surface area contributed by atoms with Gasteiger partial charge in [-0.1, -0.05) is 23.7 Å². The fourth-order valence-electron chi connectivity index (χ4n) is 2.89. The number of benzene rings is 1. The smallest absolute Gasteiger partial charge is 0.252 e. The molecule has 132 valence electrons. The number of hydrogen-bond acceptors (Lipinski definition) is 4. The molecule has 0 spiro atoms. The number of nitrogens with zero attached hydrogens (tertiary/aromatic N) is 2. The van der Waals surface area contributed by atoms with Crippen molar-refractivity contribution >= 4 is 23.3 Å². The Balaban J connectivity index is 1.55. The van der Waals surface area contributed by atoms with E-state index in [1.807, 2.05) is 43.3 Å². The van der Waals surface area contributed by atoms with Crippen molar-refractivity contribution in [3.8, 4) is 5.75 Å². The van der Waals surface area contributed by atoms with Crippen molar-refractivity contribution in [2.24, 2.45) is 0 Å². The van der Waals surface area contributed by atoms with Crippen molar-refractivity contribution in [1.82, 2.24) is 10.3 Å². The lowest BCUT2D eigenvalue weighted by atomic mass is 10.1. The van der Waals surface area contributed by atoms with Crippen LogP contribution in [0.4, 0.5) is 5.82 Å². The fraction of sp³-hybridized carbons (Fsp3) is 0.368. The number of ether oxygens (including phenoxy) is 1. The standard InChI is InChI=1S/C19H22ClN3O2/c1-2-21-19(24)14-7-8-18(22-13-14)23-11-9-15(10-12-23)25-17-6-4-3-5-16(17)20/h3-8,13,15H,2,9-12H2,1H3,(H,21,24). The zero-order chi connectivity index (χ0) is 17.6. The topological polar surface area (TPSA) is 54.5 Å². The molecule has 6 heteroatoms. The van der Waals surface area contributed by atoms with Crippen LogP contribution >= 0.6 is 11.6 Å². The maximum atomic E-state index is 11.8. The van der Waals surface area contributed by atoms with Gasteiger partial charge in [0, 0.05) is 38.7 Å². The van der Waals surface area contributed by atoms with Gasteiger partial charge in [-0.05, 0) is 31.2 Å². The Hall–Kier alpha value is -2.27. The van der Waals surface area contributed by atoms with Gasteiger partial charge in [0.15, 0.2) is 0 Å². The fourth-order valence-corrected chi connectivity index (χ4v) is 3.07. The van der Waals surface area contributed by atoms with Crippen molar-refractivity contribution in [2.45, 2.75) is 25.9 Å². The normalized spacial score (nSPS) is 15.0. The first-order valence-electron chi connectivity index (χ1n) is 8.57. The van der Waals surface area contributed by atoms with Crippen molar-refractivity contribution < 1.29 is 9.53 Å². The highest BCUT2D eigenvalue weighted by Crippen LogP contribution is 2.27. The van der Waals surface area contributed by atoms with Crippen LogP contribution in [0.25, 0.3) is 0 Å². The van der Waals surface area contributed by atoms with Gasteiger partial charge < -0.3 is 15.0 Å². The van der Waals surface area contributed by atoms with E-state index in [1.54, 1.807) is 6.20 Å². The summed E-state index contributed by atoms with van der Waals surface area (Å²) in [4.78, 5) is 18.4. The summed E-state index contributed by atoms with van der Waals surface area (Å²) in [6.45, 7) is 4.24. The number of anilines is 1. The van der Waals surface area contributed by atoms with E-state index in [1.165, 1.54) is 0 Å². The lowest BCUT2D eigenvalue weighted by Gasteiger charge is -2.33. The number of rotatable bonds is 5. The largest absolute Gasteiger partial charge is 0.489 e. The average Bonchev–Trinajstić information content (AvgIpc) is 2.65. The number of carbonyl (C=O) groups is 1. The number of amides is 1. The number of para-hydroxylation sites is 1. The summed E-state index contributed by atoms with van der Waals surface area (Å²) in [6, 6.07) is 11.3. The number of hydrogen-bond donors (Lipinski definition) is 1. The summed E-state index contributed by atoms with van der Waals surface area (Å²) in [7, 11) is 0. The first kappa shape index (κ1) is 17.5. The van der Waals surface area contributed by atoms with Gasteiger partial charge in [0.1, 0.15) is 17.7 Å². The molecule has 1 saturated heterocycles. The van der Waals surface area contributed by atoms with Crippen LogP contribution in [0.15, 0.2) is 42.6 Å². The van der Waals surface area contributed by atoms with E-state index in [0.29, 0.717) is 17.1 Å².